The lowest BCUT2D eigenvalue weighted by Crippen LogP contribution is -2.48. The average Bonchev–Trinajstić information content (AvgIpc) is 3.25. The number of carbonyl (C=O) groups excluding carboxylic acids is 1. The van der Waals surface area contributed by atoms with Gasteiger partial charge in [0.15, 0.2) is 11.5 Å². The lowest BCUT2D eigenvalue weighted by Gasteiger charge is -2.33. The van der Waals surface area contributed by atoms with E-state index in [2.05, 4.69) is 20.3 Å². The maximum atomic E-state index is 12.3. The number of amides is 1. The first kappa shape index (κ1) is 16.9. The van der Waals surface area contributed by atoms with E-state index in [0.29, 0.717) is 18.0 Å². The summed E-state index contributed by atoms with van der Waals surface area (Å²) >= 11 is 0. The third-order valence-corrected chi connectivity index (χ3v) is 4.55. The van der Waals surface area contributed by atoms with E-state index >= 15 is 0 Å². The van der Waals surface area contributed by atoms with Gasteiger partial charge >= 0.3 is 0 Å². The van der Waals surface area contributed by atoms with Crippen LogP contribution in [0.2, 0.25) is 0 Å². The number of rotatable bonds is 5. The van der Waals surface area contributed by atoms with Gasteiger partial charge in [-0.05, 0) is 19.1 Å². The lowest BCUT2D eigenvalue weighted by atomic mass is 10.2. The number of hydrogen-bond acceptors (Lipinski definition) is 7. The van der Waals surface area contributed by atoms with Crippen LogP contribution in [-0.2, 0) is 11.3 Å². The Morgan fingerprint density at radius 3 is 2.65 bits per heavy atom. The monoisotopic (exact) mass is 358 g/mol. The van der Waals surface area contributed by atoms with E-state index in [0.717, 1.165) is 49.9 Å². The minimum atomic E-state index is -0.0237. The summed E-state index contributed by atoms with van der Waals surface area (Å²) in [6.45, 7) is 6.81. The van der Waals surface area contributed by atoms with E-state index in [1.807, 2.05) is 25.1 Å². The maximum Gasteiger partial charge on any atom is 0.238 e. The Bertz CT molecular complexity index is 783. The number of aryl methyl sites for hydroxylation is 1. The number of carbonyl (C=O) groups is 1. The molecule has 0 spiro atoms. The van der Waals surface area contributed by atoms with E-state index in [1.54, 1.807) is 6.07 Å². The number of piperazine rings is 1. The first-order chi connectivity index (χ1) is 12.7. The Morgan fingerprint density at radius 1 is 1.12 bits per heavy atom. The summed E-state index contributed by atoms with van der Waals surface area (Å²) in [6, 6.07) is 7.38. The number of nitrogens with zero attached hydrogens (tertiary/aromatic N) is 3. The van der Waals surface area contributed by atoms with Crippen LogP contribution in [0, 0.1) is 6.92 Å². The summed E-state index contributed by atoms with van der Waals surface area (Å²) in [5.41, 5.74) is 1.68. The Morgan fingerprint density at radius 2 is 1.88 bits per heavy atom. The van der Waals surface area contributed by atoms with Gasteiger partial charge in [0.05, 0.1) is 12.2 Å². The third-order valence-electron chi connectivity index (χ3n) is 4.55. The zero-order chi connectivity index (χ0) is 17.9. The van der Waals surface area contributed by atoms with Crippen molar-refractivity contribution >= 4 is 11.6 Å². The SMILES string of the molecule is Cc1cc(CN2CCN(CC(=O)Nc3ccc4c(c3)OCO4)CC2)no1. The van der Waals surface area contributed by atoms with Crippen LogP contribution in [0.15, 0.2) is 28.8 Å². The smallest absolute Gasteiger partial charge is 0.238 e. The number of nitrogens with one attached hydrogen (secondary N) is 1. The maximum absolute atomic E-state index is 12.3. The van der Waals surface area contributed by atoms with Gasteiger partial charge in [-0.15, -0.1) is 0 Å². The lowest BCUT2D eigenvalue weighted by molar-refractivity contribution is -0.117. The molecule has 0 atom stereocenters. The molecule has 8 heteroatoms. The number of ether oxygens (including phenoxy) is 2. The van der Waals surface area contributed by atoms with Crippen molar-refractivity contribution in [1.82, 2.24) is 15.0 Å². The molecule has 0 unspecified atom stereocenters. The summed E-state index contributed by atoms with van der Waals surface area (Å²) in [7, 11) is 0. The van der Waals surface area contributed by atoms with Crippen LogP contribution in [0.1, 0.15) is 11.5 Å². The van der Waals surface area contributed by atoms with Gasteiger partial charge in [0.1, 0.15) is 5.76 Å². The highest BCUT2D eigenvalue weighted by Gasteiger charge is 2.20. The van der Waals surface area contributed by atoms with Gasteiger partial charge < -0.3 is 19.3 Å². The van der Waals surface area contributed by atoms with E-state index in [9.17, 15) is 4.79 Å². The second-order valence-electron chi connectivity index (χ2n) is 6.60. The van der Waals surface area contributed by atoms with Crippen molar-refractivity contribution in [1.29, 1.82) is 0 Å². The summed E-state index contributed by atoms with van der Waals surface area (Å²) in [4.78, 5) is 16.8. The van der Waals surface area contributed by atoms with Gasteiger partial charge in [0, 0.05) is 50.5 Å². The molecule has 1 fully saturated rings. The van der Waals surface area contributed by atoms with Crippen LogP contribution < -0.4 is 14.8 Å². The Kier molecular flexibility index (Phi) is 4.77. The van der Waals surface area contributed by atoms with Crippen molar-refractivity contribution in [2.75, 3.05) is 44.8 Å². The average molecular weight is 358 g/mol. The molecule has 2 aromatic rings. The van der Waals surface area contributed by atoms with Crippen LogP contribution in [0.5, 0.6) is 11.5 Å². The molecule has 1 N–H and O–H groups in total. The summed E-state index contributed by atoms with van der Waals surface area (Å²) in [6.07, 6.45) is 0. The topological polar surface area (TPSA) is 80.1 Å². The van der Waals surface area contributed by atoms with Gasteiger partial charge in [-0.3, -0.25) is 14.6 Å². The number of hydrogen-bond donors (Lipinski definition) is 1. The van der Waals surface area contributed by atoms with E-state index in [4.69, 9.17) is 14.0 Å². The normalized spacial score (nSPS) is 17.4. The van der Waals surface area contributed by atoms with Crippen molar-refractivity contribution in [2.24, 2.45) is 0 Å². The molecule has 2 aliphatic heterocycles. The molecule has 0 bridgehead atoms. The second-order valence-corrected chi connectivity index (χ2v) is 6.60. The molecule has 0 aliphatic carbocycles. The quantitative estimate of drug-likeness (QED) is 0.867. The minimum Gasteiger partial charge on any atom is -0.454 e. The van der Waals surface area contributed by atoms with Crippen molar-refractivity contribution < 1.29 is 18.8 Å². The molecular formula is C18H22N4O4. The molecular weight excluding hydrogens is 336 g/mol. The molecule has 1 aromatic heterocycles. The van der Waals surface area contributed by atoms with Crippen LogP contribution >= 0.6 is 0 Å². The molecule has 26 heavy (non-hydrogen) atoms. The second kappa shape index (κ2) is 7.35. The van der Waals surface area contributed by atoms with Crippen molar-refractivity contribution in [2.45, 2.75) is 13.5 Å². The summed E-state index contributed by atoms with van der Waals surface area (Å²) < 4.78 is 15.7. The van der Waals surface area contributed by atoms with E-state index < -0.39 is 0 Å². The van der Waals surface area contributed by atoms with Crippen molar-refractivity contribution in [3.8, 4) is 11.5 Å². The Hall–Kier alpha value is -2.58. The van der Waals surface area contributed by atoms with Gasteiger partial charge in [-0.25, -0.2) is 0 Å². The Balaban J connectivity index is 1.23. The number of anilines is 1. The van der Waals surface area contributed by atoms with Gasteiger partial charge in [0.2, 0.25) is 12.7 Å². The Labute approximate surface area is 151 Å². The van der Waals surface area contributed by atoms with Crippen LogP contribution in [0.3, 0.4) is 0 Å². The summed E-state index contributed by atoms with van der Waals surface area (Å²) in [5, 5.41) is 6.96. The minimum absolute atomic E-state index is 0.0237. The molecule has 4 rings (SSSR count). The standard InChI is InChI=1S/C18H22N4O4/c1-13-8-15(20-26-13)10-21-4-6-22(7-5-21)11-18(23)19-14-2-3-16-17(9-14)25-12-24-16/h2-3,8-9H,4-7,10-12H2,1H3,(H,19,23). The number of benzene rings is 1. The number of fused-ring (bicyclic) bond motifs is 1. The zero-order valence-corrected chi connectivity index (χ0v) is 14.7. The predicted octanol–water partition coefficient (Wildman–Crippen LogP) is 1.47. The zero-order valence-electron chi connectivity index (χ0n) is 14.7. The first-order valence-corrected chi connectivity index (χ1v) is 8.72. The first-order valence-electron chi connectivity index (χ1n) is 8.72. The molecule has 0 radical (unpaired) electrons. The summed E-state index contributed by atoms with van der Waals surface area (Å²) in [5.74, 6) is 2.18. The fourth-order valence-corrected chi connectivity index (χ4v) is 3.20. The molecule has 3 heterocycles. The van der Waals surface area contributed by atoms with Gasteiger partial charge in [0.25, 0.3) is 0 Å². The molecule has 2 aliphatic rings. The molecule has 138 valence electrons. The van der Waals surface area contributed by atoms with Crippen LogP contribution in [-0.4, -0.2) is 60.4 Å². The fraction of sp³-hybridized carbons (Fsp3) is 0.444. The van der Waals surface area contributed by atoms with E-state index in [1.165, 1.54) is 0 Å². The molecule has 1 saturated heterocycles. The highest BCUT2D eigenvalue weighted by molar-refractivity contribution is 5.92. The number of aromatic nitrogens is 1. The predicted molar refractivity (Wildman–Crippen MR) is 94.2 cm³/mol. The highest BCUT2D eigenvalue weighted by Crippen LogP contribution is 2.34. The molecule has 1 amide bonds. The van der Waals surface area contributed by atoms with Crippen LogP contribution in [0.25, 0.3) is 0 Å². The molecule has 1 aromatic carbocycles. The van der Waals surface area contributed by atoms with E-state index in [-0.39, 0.29) is 12.7 Å². The van der Waals surface area contributed by atoms with Crippen LogP contribution in [0.4, 0.5) is 5.69 Å². The molecule has 0 saturated carbocycles. The molecule has 8 nitrogen and oxygen atoms in total. The highest BCUT2D eigenvalue weighted by atomic mass is 16.7. The van der Waals surface area contributed by atoms with Crippen molar-refractivity contribution in [3.63, 3.8) is 0 Å². The largest absolute Gasteiger partial charge is 0.454 e. The third kappa shape index (κ3) is 3.97. The fourth-order valence-electron chi connectivity index (χ4n) is 3.20. The van der Waals surface area contributed by atoms with Gasteiger partial charge in [-0.1, -0.05) is 5.16 Å². The van der Waals surface area contributed by atoms with Gasteiger partial charge in [-0.2, -0.15) is 0 Å². The van der Waals surface area contributed by atoms with Crippen molar-refractivity contribution in [3.05, 3.63) is 35.7 Å².